The smallest absolute Gasteiger partial charge is 0.322 e. The Morgan fingerprint density at radius 2 is 1.72 bits per heavy atom. The number of rotatable bonds is 8. The number of halogens is 1. The van der Waals surface area contributed by atoms with Crippen LogP contribution < -0.4 is 20.8 Å². The second-order valence-electron chi connectivity index (χ2n) is 6.76. The number of aryl methyl sites for hydroxylation is 1. The lowest BCUT2D eigenvalue weighted by atomic mass is 10.0. The van der Waals surface area contributed by atoms with Crippen molar-refractivity contribution < 1.29 is 28.6 Å². The molecule has 0 aliphatic carbocycles. The maximum Gasteiger partial charge on any atom is 0.322 e. The number of amides is 2. The van der Waals surface area contributed by atoms with Gasteiger partial charge in [-0.25, -0.2) is 0 Å². The third-order valence-corrected chi connectivity index (χ3v) is 4.68. The van der Waals surface area contributed by atoms with Gasteiger partial charge in [0.2, 0.25) is 11.3 Å². The minimum absolute atomic E-state index is 0.206. The van der Waals surface area contributed by atoms with Crippen molar-refractivity contribution in [3.8, 4) is 16.9 Å². The zero-order valence-corrected chi connectivity index (χ0v) is 17.7. The van der Waals surface area contributed by atoms with E-state index in [0.717, 1.165) is 0 Å². The van der Waals surface area contributed by atoms with Crippen LogP contribution >= 0.6 is 11.6 Å². The molecule has 0 unspecified atom stereocenters. The number of benzene rings is 2. The predicted molar refractivity (Wildman–Crippen MR) is 117 cm³/mol. The molecule has 0 atom stereocenters. The van der Waals surface area contributed by atoms with Crippen LogP contribution in [0.3, 0.4) is 0 Å². The van der Waals surface area contributed by atoms with Gasteiger partial charge in [-0.05, 0) is 36.8 Å². The summed E-state index contributed by atoms with van der Waals surface area (Å²) in [5, 5.41) is 13.8. The maximum atomic E-state index is 13.0. The van der Waals surface area contributed by atoms with Gasteiger partial charge in [-0.15, -0.1) is 0 Å². The van der Waals surface area contributed by atoms with E-state index in [9.17, 15) is 19.2 Å². The van der Waals surface area contributed by atoms with E-state index >= 15 is 0 Å². The van der Waals surface area contributed by atoms with Crippen LogP contribution in [0, 0.1) is 6.92 Å². The predicted octanol–water partition coefficient (Wildman–Crippen LogP) is 2.12. The van der Waals surface area contributed by atoms with Crippen molar-refractivity contribution in [2.75, 3.05) is 19.7 Å². The van der Waals surface area contributed by atoms with Crippen LogP contribution in [0.2, 0.25) is 5.02 Å². The van der Waals surface area contributed by atoms with Gasteiger partial charge in [-0.3, -0.25) is 19.2 Å². The Labute approximate surface area is 186 Å². The van der Waals surface area contributed by atoms with Gasteiger partial charge in [0.15, 0.2) is 6.61 Å². The number of carboxylic acid groups (broad SMARTS) is 1. The topological polar surface area (TPSA) is 135 Å². The number of fused-ring (bicyclic) bond motifs is 1. The molecule has 0 fully saturated rings. The molecule has 32 heavy (non-hydrogen) atoms. The summed E-state index contributed by atoms with van der Waals surface area (Å²) in [6.45, 7) is 0.381. The molecule has 10 heteroatoms. The van der Waals surface area contributed by atoms with Gasteiger partial charge in [-0.2, -0.15) is 0 Å². The summed E-state index contributed by atoms with van der Waals surface area (Å²) in [6, 6.07) is 11.5. The molecule has 0 bridgehead atoms. The Morgan fingerprint density at radius 1 is 1.03 bits per heavy atom. The number of carbonyl (C=O) groups is 3. The Kier molecular flexibility index (Phi) is 7.11. The number of ether oxygens (including phenoxy) is 1. The van der Waals surface area contributed by atoms with Crippen LogP contribution in [0.5, 0.6) is 5.75 Å². The van der Waals surface area contributed by atoms with Crippen molar-refractivity contribution in [2.24, 2.45) is 0 Å². The Bertz CT molecular complexity index is 1240. The average Bonchev–Trinajstić information content (AvgIpc) is 2.75. The van der Waals surface area contributed by atoms with Crippen LogP contribution in [-0.2, 0) is 14.4 Å². The first-order valence-electron chi connectivity index (χ1n) is 9.46. The van der Waals surface area contributed by atoms with E-state index < -0.39 is 24.3 Å². The molecule has 3 rings (SSSR count). The van der Waals surface area contributed by atoms with E-state index in [2.05, 4.69) is 10.6 Å². The summed E-state index contributed by atoms with van der Waals surface area (Å²) < 4.78 is 11.2. The molecule has 1 aromatic heterocycles. The van der Waals surface area contributed by atoms with E-state index in [4.69, 9.17) is 25.9 Å². The second kappa shape index (κ2) is 9.97. The summed E-state index contributed by atoms with van der Waals surface area (Å²) in [5.41, 5.74) is 1.22. The van der Waals surface area contributed by atoms with Crippen LogP contribution in [0.25, 0.3) is 22.1 Å². The quantitative estimate of drug-likeness (QED) is 0.470. The molecule has 1 heterocycles. The van der Waals surface area contributed by atoms with Crippen molar-refractivity contribution in [3.05, 3.63) is 63.5 Å². The molecule has 3 aromatic rings. The Morgan fingerprint density at radius 3 is 2.41 bits per heavy atom. The highest BCUT2D eigenvalue weighted by molar-refractivity contribution is 6.30. The Hall–Kier alpha value is -3.85. The number of hydrogen-bond acceptors (Lipinski definition) is 6. The van der Waals surface area contributed by atoms with Gasteiger partial charge >= 0.3 is 5.97 Å². The fourth-order valence-electron chi connectivity index (χ4n) is 2.94. The fraction of sp³-hybridized carbons (Fsp3) is 0.182. The molecule has 0 saturated heterocycles. The number of carboxylic acids is 1. The molecule has 0 saturated carbocycles. The summed E-state index contributed by atoms with van der Waals surface area (Å²) in [5.74, 6) is -1.69. The van der Waals surface area contributed by atoms with Crippen LogP contribution in [-0.4, -0.2) is 42.6 Å². The maximum absolute atomic E-state index is 13.0. The molecule has 2 amide bonds. The second-order valence-corrected chi connectivity index (χ2v) is 7.20. The van der Waals surface area contributed by atoms with Gasteiger partial charge in [0.05, 0.1) is 17.5 Å². The molecular formula is C22H19ClN2O7. The first kappa shape index (κ1) is 22.8. The molecule has 0 radical (unpaired) electrons. The van der Waals surface area contributed by atoms with Crippen LogP contribution in [0.4, 0.5) is 0 Å². The third-order valence-electron chi connectivity index (χ3n) is 4.43. The monoisotopic (exact) mass is 458 g/mol. The van der Waals surface area contributed by atoms with Gasteiger partial charge in [-0.1, -0.05) is 23.7 Å². The Balaban J connectivity index is 1.68. The van der Waals surface area contributed by atoms with Gasteiger partial charge in [0.25, 0.3) is 5.91 Å². The zero-order valence-electron chi connectivity index (χ0n) is 16.9. The SMILES string of the molecule is Cc1oc2cc(OCC(=O)NCC(=O)NCC(=O)O)ccc2c(=O)c1-c1ccc(Cl)cc1. The third kappa shape index (κ3) is 5.64. The first-order chi connectivity index (χ1) is 15.2. The summed E-state index contributed by atoms with van der Waals surface area (Å²) in [4.78, 5) is 46.6. The number of carbonyl (C=O) groups excluding carboxylic acids is 2. The highest BCUT2D eigenvalue weighted by Gasteiger charge is 2.15. The number of nitrogens with one attached hydrogen (secondary N) is 2. The lowest BCUT2D eigenvalue weighted by Crippen LogP contribution is -2.40. The van der Waals surface area contributed by atoms with Crippen LogP contribution in [0.15, 0.2) is 51.7 Å². The average molecular weight is 459 g/mol. The lowest BCUT2D eigenvalue weighted by molar-refractivity contribution is -0.137. The molecule has 0 aliphatic heterocycles. The first-order valence-corrected chi connectivity index (χ1v) is 9.84. The minimum Gasteiger partial charge on any atom is -0.484 e. The van der Waals surface area contributed by atoms with E-state index in [1.807, 2.05) is 0 Å². The van der Waals surface area contributed by atoms with Crippen molar-refractivity contribution in [3.63, 3.8) is 0 Å². The fourth-order valence-corrected chi connectivity index (χ4v) is 3.07. The molecule has 0 spiro atoms. The highest BCUT2D eigenvalue weighted by Crippen LogP contribution is 2.27. The summed E-state index contributed by atoms with van der Waals surface area (Å²) in [6.07, 6.45) is 0. The van der Waals surface area contributed by atoms with E-state index in [1.165, 1.54) is 12.1 Å². The van der Waals surface area contributed by atoms with Gasteiger partial charge in [0, 0.05) is 11.1 Å². The number of aliphatic carboxylic acids is 1. The number of hydrogen-bond donors (Lipinski definition) is 3. The van der Waals surface area contributed by atoms with Gasteiger partial charge in [0.1, 0.15) is 23.6 Å². The molecule has 166 valence electrons. The molecule has 3 N–H and O–H groups in total. The van der Waals surface area contributed by atoms with E-state index in [1.54, 1.807) is 37.3 Å². The molecule has 2 aromatic carbocycles. The van der Waals surface area contributed by atoms with E-state index in [0.29, 0.717) is 38.6 Å². The van der Waals surface area contributed by atoms with Crippen LogP contribution in [0.1, 0.15) is 5.76 Å². The van der Waals surface area contributed by atoms with Crippen molar-refractivity contribution >= 4 is 40.4 Å². The van der Waals surface area contributed by atoms with Crippen molar-refractivity contribution in [1.82, 2.24) is 10.6 Å². The molecule has 0 aliphatic rings. The molecule has 9 nitrogen and oxygen atoms in total. The summed E-state index contributed by atoms with van der Waals surface area (Å²) in [7, 11) is 0. The van der Waals surface area contributed by atoms with Crippen molar-refractivity contribution in [2.45, 2.75) is 6.92 Å². The van der Waals surface area contributed by atoms with Gasteiger partial charge < -0.3 is 24.9 Å². The lowest BCUT2D eigenvalue weighted by Gasteiger charge is -2.10. The zero-order chi connectivity index (χ0) is 23.3. The highest BCUT2D eigenvalue weighted by atomic mass is 35.5. The largest absolute Gasteiger partial charge is 0.484 e. The summed E-state index contributed by atoms with van der Waals surface area (Å²) >= 11 is 5.92. The molecular weight excluding hydrogens is 440 g/mol. The van der Waals surface area contributed by atoms with Crippen molar-refractivity contribution in [1.29, 1.82) is 0 Å². The normalized spacial score (nSPS) is 10.6. The standard InChI is InChI=1S/C22H19ClN2O7/c1-12-21(13-2-4-14(23)5-3-13)22(30)16-7-6-15(8-17(16)32-12)31-11-19(27)24-9-18(26)25-10-20(28)29/h2-8H,9-11H2,1H3,(H,24,27)(H,25,26)(H,28,29). The van der Waals surface area contributed by atoms with E-state index in [-0.39, 0.29) is 18.6 Å². The minimum atomic E-state index is -1.19.